The molecule has 0 aliphatic carbocycles. The zero-order valence-electron chi connectivity index (χ0n) is 17.7. The molecular weight excluding hydrogens is 425 g/mol. The topological polar surface area (TPSA) is 67.9 Å². The lowest BCUT2D eigenvalue weighted by atomic mass is 9.92. The quantitative estimate of drug-likeness (QED) is 0.747. The van der Waals surface area contributed by atoms with Crippen LogP contribution >= 0.6 is 0 Å². The minimum Gasteiger partial charge on any atom is -0.487 e. The number of amides is 1. The standard InChI is InChI=1S/C23H23F3N2O4/c1-22(2)13-19(29)16-11-14(3-6-20(16)32-22)21(30)27-17-12-15(23(24,25)26)4-5-18(17)28-7-9-31-10-8-28/h3-6,11-12H,7-10,13H2,1-2H3,(H,27,30). The van der Waals surface area contributed by atoms with Crippen molar-refractivity contribution in [3.05, 3.63) is 53.1 Å². The molecule has 0 saturated carbocycles. The van der Waals surface area contributed by atoms with E-state index in [0.717, 1.165) is 12.1 Å². The molecule has 0 atom stereocenters. The van der Waals surface area contributed by atoms with E-state index in [1.807, 2.05) is 4.90 Å². The number of morpholine rings is 1. The van der Waals surface area contributed by atoms with Crippen molar-refractivity contribution in [3.63, 3.8) is 0 Å². The normalized spacial score (nSPS) is 18.0. The van der Waals surface area contributed by atoms with Crippen molar-refractivity contribution in [1.82, 2.24) is 0 Å². The van der Waals surface area contributed by atoms with Crippen LogP contribution in [0.25, 0.3) is 0 Å². The fourth-order valence-electron chi connectivity index (χ4n) is 3.88. The highest BCUT2D eigenvalue weighted by Crippen LogP contribution is 2.37. The number of rotatable bonds is 3. The fourth-order valence-corrected chi connectivity index (χ4v) is 3.88. The Kier molecular flexibility index (Phi) is 5.62. The van der Waals surface area contributed by atoms with Crippen molar-refractivity contribution in [2.24, 2.45) is 0 Å². The van der Waals surface area contributed by atoms with E-state index in [0.29, 0.717) is 37.7 Å². The number of Topliss-reactive ketones (excluding diaryl/α,β-unsaturated/α-hetero) is 1. The van der Waals surface area contributed by atoms with Gasteiger partial charge in [-0.15, -0.1) is 0 Å². The minimum absolute atomic E-state index is 0.0492. The van der Waals surface area contributed by atoms with Crippen molar-refractivity contribution >= 4 is 23.1 Å². The lowest BCUT2D eigenvalue weighted by molar-refractivity contribution is -0.137. The summed E-state index contributed by atoms with van der Waals surface area (Å²) in [4.78, 5) is 27.3. The number of halogens is 3. The maximum Gasteiger partial charge on any atom is 0.416 e. The Labute approximate surface area is 183 Å². The Bertz CT molecular complexity index is 1060. The molecule has 1 amide bonds. The number of alkyl halides is 3. The highest BCUT2D eigenvalue weighted by atomic mass is 19.4. The number of fused-ring (bicyclic) bond motifs is 1. The van der Waals surface area contributed by atoms with E-state index in [-0.39, 0.29) is 29.0 Å². The van der Waals surface area contributed by atoms with Crippen molar-refractivity contribution in [2.45, 2.75) is 32.0 Å². The number of nitrogens with zero attached hydrogens (tertiary/aromatic N) is 1. The van der Waals surface area contributed by atoms with Gasteiger partial charge in [-0.05, 0) is 50.2 Å². The fraction of sp³-hybridized carbons (Fsp3) is 0.391. The van der Waals surface area contributed by atoms with Gasteiger partial charge in [-0.25, -0.2) is 0 Å². The summed E-state index contributed by atoms with van der Waals surface area (Å²) in [5.41, 5.74) is -0.526. The van der Waals surface area contributed by atoms with Gasteiger partial charge < -0.3 is 19.7 Å². The Hall–Kier alpha value is -3.07. The molecule has 0 unspecified atom stereocenters. The van der Waals surface area contributed by atoms with E-state index in [1.54, 1.807) is 13.8 Å². The highest BCUT2D eigenvalue weighted by molar-refractivity contribution is 6.09. The molecule has 2 aliphatic heterocycles. The van der Waals surface area contributed by atoms with Gasteiger partial charge in [0.25, 0.3) is 5.91 Å². The molecule has 0 aromatic heterocycles. The molecule has 1 saturated heterocycles. The van der Waals surface area contributed by atoms with Crippen LogP contribution in [0.5, 0.6) is 5.75 Å². The maximum absolute atomic E-state index is 13.3. The van der Waals surface area contributed by atoms with Crippen molar-refractivity contribution < 1.29 is 32.2 Å². The predicted octanol–water partition coefficient (Wildman–Crippen LogP) is 4.54. The minimum atomic E-state index is -4.55. The molecule has 2 aromatic carbocycles. The molecule has 2 aromatic rings. The molecule has 2 aliphatic rings. The summed E-state index contributed by atoms with van der Waals surface area (Å²) in [7, 11) is 0. The third-order valence-electron chi connectivity index (χ3n) is 5.44. The second-order valence-corrected chi connectivity index (χ2v) is 8.46. The third kappa shape index (κ3) is 4.57. The van der Waals surface area contributed by atoms with E-state index < -0.39 is 23.2 Å². The van der Waals surface area contributed by atoms with Crippen LogP contribution in [0.1, 0.15) is 46.5 Å². The first-order valence-corrected chi connectivity index (χ1v) is 10.3. The number of carbonyl (C=O) groups is 2. The van der Waals surface area contributed by atoms with Gasteiger partial charge in [-0.1, -0.05) is 0 Å². The monoisotopic (exact) mass is 448 g/mol. The van der Waals surface area contributed by atoms with Gasteiger partial charge in [0.2, 0.25) is 0 Å². The summed E-state index contributed by atoms with van der Waals surface area (Å²) in [6.45, 7) is 5.48. The second-order valence-electron chi connectivity index (χ2n) is 8.46. The SMILES string of the molecule is CC1(C)CC(=O)c2cc(C(=O)Nc3cc(C(F)(F)F)ccc3N3CCOCC3)ccc2O1. The van der Waals surface area contributed by atoms with Crippen LogP contribution in [0.2, 0.25) is 0 Å². The van der Waals surface area contributed by atoms with Crippen LogP contribution in [-0.2, 0) is 10.9 Å². The summed E-state index contributed by atoms with van der Waals surface area (Å²) in [5, 5.41) is 2.60. The lowest BCUT2D eigenvalue weighted by Crippen LogP contribution is -2.37. The first-order chi connectivity index (χ1) is 15.0. The number of anilines is 2. The molecule has 9 heteroatoms. The van der Waals surface area contributed by atoms with Gasteiger partial charge in [0.05, 0.1) is 42.1 Å². The molecule has 1 fully saturated rings. The van der Waals surface area contributed by atoms with Crippen molar-refractivity contribution in [1.29, 1.82) is 0 Å². The summed E-state index contributed by atoms with van der Waals surface area (Å²) in [5.74, 6) is -0.380. The van der Waals surface area contributed by atoms with Crippen LogP contribution in [0.4, 0.5) is 24.5 Å². The van der Waals surface area contributed by atoms with E-state index in [9.17, 15) is 22.8 Å². The van der Waals surface area contributed by atoms with Gasteiger partial charge in [-0.3, -0.25) is 9.59 Å². The van der Waals surface area contributed by atoms with Gasteiger partial charge in [0, 0.05) is 18.7 Å². The van der Waals surface area contributed by atoms with E-state index >= 15 is 0 Å². The van der Waals surface area contributed by atoms with Gasteiger partial charge in [-0.2, -0.15) is 13.2 Å². The Morgan fingerprint density at radius 3 is 2.50 bits per heavy atom. The number of benzene rings is 2. The number of carbonyl (C=O) groups excluding carboxylic acids is 2. The molecular formula is C23H23F3N2O4. The van der Waals surface area contributed by atoms with Crippen molar-refractivity contribution in [2.75, 3.05) is 36.5 Å². The Morgan fingerprint density at radius 2 is 1.81 bits per heavy atom. The smallest absolute Gasteiger partial charge is 0.416 e. The van der Waals surface area contributed by atoms with E-state index in [1.165, 1.54) is 24.3 Å². The molecule has 32 heavy (non-hydrogen) atoms. The second kappa shape index (κ2) is 8.12. The number of nitrogens with one attached hydrogen (secondary N) is 1. The summed E-state index contributed by atoms with van der Waals surface area (Å²) >= 11 is 0. The van der Waals surface area contributed by atoms with Crippen molar-refractivity contribution in [3.8, 4) is 5.75 Å². The number of ketones is 1. The largest absolute Gasteiger partial charge is 0.487 e. The summed E-state index contributed by atoms with van der Waals surface area (Å²) < 4.78 is 51.0. The third-order valence-corrected chi connectivity index (χ3v) is 5.44. The Balaban J connectivity index is 1.65. The lowest BCUT2D eigenvalue weighted by Gasteiger charge is -2.32. The number of ether oxygens (including phenoxy) is 2. The van der Waals surface area contributed by atoms with Crippen LogP contribution in [0.3, 0.4) is 0 Å². The van der Waals surface area contributed by atoms with E-state index in [2.05, 4.69) is 5.32 Å². The maximum atomic E-state index is 13.3. The summed E-state index contributed by atoms with van der Waals surface area (Å²) in [6.07, 6.45) is -4.38. The first-order valence-electron chi connectivity index (χ1n) is 10.3. The number of hydrogen-bond acceptors (Lipinski definition) is 5. The van der Waals surface area contributed by atoms with E-state index in [4.69, 9.17) is 9.47 Å². The van der Waals surface area contributed by atoms with Gasteiger partial charge >= 0.3 is 6.18 Å². The molecule has 1 N–H and O–H groups in total. The zero-order chi connectivity index (χ0) is 23.1. The molecule has 2 heterocycles. The average molecular weight is 448 g/mol. The molecule has 0 spiro atoms. The molecule has 170 valence electrons. The molecule has 4 rings (SSSR count). The molecule has 6 nitrogen and oxygen atoms in total. The summed E-state index contributed by atoms with van der Waals surface area (Å²) in [6, 6.07) is 7.73. The van der Waals surface area contributed by atoms with Crippen LogP contribution in [0.15, 0.2) is 36.4 Å². The first kappa shape index (κ1) is 22.1. The zero-order valence-corrected chi connectivity index (χ0v) is 17.7. The Morgan fingerprint density at radius 1 is 1.09 bits per heavy atom. The molecule has 0 bridgehead atoms. The molecule has 0 radical (unpaired) electrons. The average Bonchev–Trinajstić information content (AvgIpc) is 2.72. The highest BCUT2D eigenvalue weighted by Gasteiger charge is 2.34. The number of hydrogen-bond donors (Lipinski definition) is 1. The predicted molar refractivity (Wildman–Crippen MR) is 113 cm³/mol. The van der Waals surface area contributed by atoms with Crippen LogP contribution in [0, 0.1) is 0 Å². The van der Waals surface area contributed by atoms with Gasteiger partial charge in [0.15, 0.2) is 5.78 Å². The van der Waals surface area contributed by atoms with Gasteiger partial charge in [0.1, 0.15) is 11.4 Å². The van der Waals surface area contributed by atoms with Crippen LogP contribution < -0.4 is 15.0 Å². The van der Waals surface area contributed by atoms with Crippen LogP contribution in [-0.4, -0.2) is 43.6 Å².